The molecule has 2 heterocycles. The maximum atomic E-state index is 12.6. The summed E-state index contributed by atoms with van der Waals surface area (Å²) >= 11 is 0. The van der Waals surface area contributed by atoms with Gasteiger partial charge < -0.3 is 10.1 Å². The van der Waals surface area contributed by atoms with Gasteiger partial charge in [-0.15, -0.1) is 0 Å². The minimum Gasteiger partial charge on any atom is -0.376 e. The number of hydrogen-bond acceptors (Lipinski definition) is 3. The molecule has 0 bridgehead atoms. The quantitative estimate of drug-likeness (QED) is 0.830. The van der Waals surface area contributed by atoms with Crippen molar-refractivity contribution in [2.24, 2.45) is 0 Å². The summed E-state index contributed by atoms with van der Waals surface area (Å²) in [6.07, 6.45) is 3.56. The summed E-state index contributed by atoms with van der Waals surface area (Å²) in [5, 5.41) is 6.43. The van der Waals surface area contributed by atoms with Gasteiger partial charge in [-0.05, 0) is 44.7 Å². The van der Waals surface area contributed by atoms with Gasteiger partial charge in [-0.25, -0.2) is 4.68 Å². The molecule has 1 aromatic carbocycles. The first kappa shape index (κ1) is 19.5. The van der Waals surface area contributed by atoms with Crippen molar-refractivity contribution < 1.29 is 18.3 Å². The molecule has 1 fully saturated rings. The Labute approximate surface area is 157 Å². The summed E-state index contributed by atoms with van der Waals surface area (Å²) in [7, 11) is 0. The zero-order chi connectivity index (χ0) is 19.5. The van der Waals surface area contributed by atoms with Crippen LogP contribution in [0.1, 0.15) is 55.7 Å². The van der Waals surface area contributed by atoms with Crippen LogP contribution >= 0.6 is 0 Å². The monoisotopic (exact) mass is 377 g/mol. The number of amides is 1. The van der Waals surface area contributed by atoms with Gasteiger partial charge in [-0.1, -0.05) is 30.3 Å². The highest BCUT2D eigenvalue weighted by molar-refractivity contribution is 5.92. The molecule has 1 atom stereocenters. The van der Waals surface area contributed by atoms with Gasteiger partial charge in [0.15, 0.2) is 0 Å². The fraction of sp³-hybridized carbons (Fsp3) is 0.500. The van der Waals surface area contributed by atoms with E-state index in [0.29, 0.717) is 17.8 Å². The number of hydrogen-bond donors (Lipinski definition) is 1. The summed E-state index contributed by atoms with van der Waals surface area (Å²) < 4.78 is 31.6. The van der Waals surface area contributed by atoms with Crippen molar-refractivity contribution in [3.05, 3.63) is 53.9 Å². The molecular formula is C20H25F2N3O2. The second kappa shape index (κ2) is 7.76. The van der Waals surface area contributed by atoms with Crippen LogP contribution in [0.25, 0.3) is 0 Å². The van der Waals surface area contributed by atoms with Crippen LogP contribution in [0.2, 0.25) is 0 Å². The molecule has 1 N–H and O–H groups in total. The van der Waals surface area contributed by atoms with Crippen molar-refractivity contribution in [2.45, 2.75) is 50.7 Å². The molecule has 1 amide bonds. The molecule has 1 unspecified atom stereocenters. The van der Waals surface area contributed by atoms with Crippen molar-refractivity contribution in [2.75, 3.05) is 13.2 Å². The molecule has 1 aromatic heterocycles. The number of rotatable bonds is 6. The maximum absolute atomic E-state index is 12.6. The van der Waals surface area contributed by atoms with Crippen molar-refractivity contribution in [1.29, 1.82) is 0 Å². The average molecular weight is 377 g/mol. The van der Waals surface area contributed by atoms with Crippen molar-refractivity contribution >= 4 is 5.91 Å². The third-order valence-corrected chi connectivity index (χ3v) is 5.15. The molecule has 2 aromatic rings. The molecule has 27 heavy (non-hydrogen) atoms. The van der Waals surface area contributed by atoms with Crippen LogP contribution in [0, 0.1) is 0 Å². The molecule has 0 radical (unpaired) electrons. The first-order chi connectivity index (χ1) is 12.8. The predicted octanol–water partition coefficient (Wildman–Crippen LogP) is 3.93. The summed E-state index contributed by atoms with van der Waals surface area (Å²) in [5.41, 5.74) is 0.890. The van der Waals surface area contributed by atoms with Gasteiger partial charge in [0.1, 0.15) is 5.69 Å². The molecule has 1 aliphatic heterocycles. The van der Waals surface area contributed by atoms with Gasteiger partial charge >= 0.3 is 6.55 Å². The third kappa shape index (κ3) is 4.53. The Balaban J connectivity index is 1.69. The molecule has 1 saturated heterocycles. The van der Waals surface area contributed by atoms with Gasteiger partial charge in [0.2, 0.25) is 0 Å². The van der Waals surface area contributed by atoms with Crippen LogP contribution in [-0.2, 0) is 10.2 Å². The van der Waals surface area contributed by atoms with Gasteiger partial charge in [0, 0.05) is 24.8 Å². The molecule has 146 valence electrons. The number of halogens is 2. The summed E-state index contributed by atoms with van der Waals surface area (Å²) in [6, 6.07) is 11.6. The lowest BCUT2D eigenvalue weighted by atomic mass is 9.67. The fourth-order valence-electron chi connectivity index (χ4n) is 3.95. The number of carbonyl (C=O) groups is 1. The van der Waals surface area contributed by atoms with Gasteiger partial charge in [-0.2, -0.15) is 13.9 Å². The second-order valence-corrected chi connectivity index (χ2v) is 7.65. The van der Waals surface area contributed by atoms with Crippen molar-refractivity contribution in [3.8, 4) is 0 Å². The Morgan fingerprint density at radius 3 is 2.67 bits per heavy atom. The van der Waals surface area contributed by atoms with E-state index in [1.54, 1.807) is 0 Å². The van der Waals surface area contributed by atoms with Gasteiger partial charge in [0.05, 0.1) is 5.60 Å². The smallest absolute Gasteiger partial charge is 0.333 e. The largest absolute Gasteiger partial charge is 0.376 e. The first-order valence-corrected chi connectivity index (χ1v) is 9.12. The van der Waals surface area contributed by atoms with Crippen LogP contribution in [0.4, 0.5) is 8.78 Å². The molecule has 0 spiro atoms. The van der Waals surface area contributed by atoms with Crippen LogP contribution < -0.4 is 5.32 Å². The minimum absolute atomic E-state index is 0.00336. The van der Waals surface area contributed by atoms with Crippen molar-refractivity contribution in [1.82, 2.24) is 15.1 Å². The van der Waals surface area contributed by atoms with E-state index < -0.39 is 12.5 Å². The molecular weight excluding hydrogens is 352 g/mol. The maximum Gasteiger partial charge on any atom is 0.333 e. The molecule has 1 aliphatic rings. The molecule has 5 nitrogen and oxygen atoms in total. The van der Waals surface area contributed by atoms with E-state index in [1.165, 1.54) is 11.6 Å². The average Bonchev–Trinajstić information content (AvgIpc) is 3.12. The van der Waals surface area contributed by atoms with Gasteiger partial charge in [-0.3, -0.25) is 4.79 Å². The highest BCUT2D eigenvalue weighted by Crippen LogP contribution is 2.43. The number of nitrogens with zero attached hydrogens (tertiary/aromatic N) is 2. The molecule has 3 rings (SSSR count). The lowest BCUT2D eigenvalue weighted by Crippen LogP contribution is -2.45. The van der Waals surface area contributed by atoms with Crippen LogP contribution in [0.5, 0.6) is 0 Å². The predicted molar refractivity (Wildman–Crippen MR) is 97.8 cm³/mol. The van der Waals surface area contributed by atoms with Gasteiger partial charge in [0.25, 0.3) is 5.91 Å². The van der Waals surface area contributed by atoms with E-state index in [0.717, 1.165) is 25.5 Å². The first-order valence-electron chi connectivity index (χ1n) is 9.12. The fourth-order valence-corrected chi connectivity index (χ4v) is 3.95. The Morgan fingerprint density at radius 2 is 2.04 bits per heavy atom. The Hall–Kier alpha value is -2.28. The standard InChI is InChI=1S/C20H25F2N3O2/c1-19(2)14-20(10-13-27-19,15-6-4-3-5-7-15)9-11-23-17(26)16-8-12-25(24-16)18(21)22/h3-8,12,18H,9-11,13-14H2,1-2H3,(H,23,26). The number of carbonyl (C=O) groups excluding carboxylic acids is 1. The molecule has 0 aliphatic carbocycles. The Bertz CT molecular complexity index is 777. The van der Waals surface area contributed by atoms with Crippen LogP contribution in [0.15, 0.2) is 42.6 Å². The van der Waals surface area contributed by atoms with Crippen LogP contribution in [0.3, 0.4) is 0 Å². The number of aromatic nitrogens is 2. The number of alkyl halides is 2. The van der Waals surface area contributed by atoms with E-state index in [1.807, 2.05) is 18.2 Å². The van der Waals surface area contributed by atoms with Crippen molar-refractivity contribution in [3.63, 3.8) is 0 Å². The second-order valence-electron chi connectivity index (χ2n) is 7.65. The zero-order valence-electron chi connectivity index (χ0n) is 15.6. The number of benzene rings is 1. The van der Waals surface area contributed by atoms with E-state index in [4.69, 9.17) is 4.74 Å². The zero-order valence-corrected chi connectivity index (χ0v) is 15.6. The topological polar surface area (TPSA) is 56.2 Å². The summed E-state index contributed by atoms with van der Waals surface area (Å²) in [4.78, 5) is 12.2. The number of ether oxygens (including phenoxy) is 1. The highest BCUT2D eigenvalue weighted by Gasteiger charge is 2.41. The molecule has 0 saturated carbocycles. The van der Waals surface area contributed by atoms with E-state index >= 15 is 0 Å². The van der Waals surface area contributed by atoms with Crippen LogP contribution in [-0.4, -0.2) is 34.4 Å². The SMILES string of the molecule is CC1(C)CC(CCNC(=O)c2ccn(C(F)F)n2)(c2ccccc2)CCO1. The third-order valence-electron chi connectivity index (χ3n) is 5.15. The summed E-state index contributed by atoms with van der Waals surface area (Å²) in [6.45, 7) is 2.51. The van der Waals surface area contributed by atoms with E-state index in [9.17, 15) is 13.6 Å². The summed E-state index contributed by atoms with van der Waals surface area (Å²) in [5.74, 6) is -0.441. The highest BCUT2D eigenvalue weighted by atomic mass is 19.3. The Morgan fingerprint density at radius 1 is 1.30 bits per heavy atom. The molecule has 7 heteroatoms. The van der Waals surface area contributed by atoms with E-state index in [2.05, 4.69) is 36.4 Å². The lowest BCUT2D eigenvalue weighted by molar-refractivity contribution is -0.0838. The lowest BCUT2D eigenvalue weighted by Gasteiger charge is -2.45. The Kier molecular flexibility index (Phi) is 5.60. The van der Waals surface area contributed by atoms with E-state index in [-0.39, 0.29) is 16.7 Å². The normalized spacial score (nSPS) is 22.0. The number of nitrogens with one attached hydrogen (secondary N) is 1. The minimum atomic E-state index is -2.75.